The zero-order valence-corrected chi connectivity index (χ0v) is 22.7. The van der Waals surface area contributed by atoms with Crippen LogP contribution in [-0.2, 0) is 4.79 Å². The van der Waals surface area contributed by atoms with E-state index in [1.807, 2.05) is 38.1 Å². The molecule has 1 N–H and O–H groups in total. The Labute approximate surface area is 218 Å². The average Bonchev–Trinajstić information content (AvgIpc) is 3.03. The lowest BCUT2D eigenvalue weighted by Crippen LogP contribution is -2.44. The van der Waals surface area contributed by atoms with Gasteiger partial charge in [-0.25, -0.2) is 0 Å². The van der Waals surface area contributed by atoms with E-state index in [1.165, 1.54) is 0 Å². The fraction of sp³-hybridized carbons (Fsp3) is 0.320. The summed E-state index contributed by atoms with van der Waals surface area (Å²) >= 11 is 10.0. The maximum absolute atomic E-state index is 13.0. The minimum Gasteiger partial charge on any atom is -0.490 e. The van der Waals surface area contributed by atoms with Gasteiger partial charge in [0.05, 0.1) is 22.6 Å². The van der Waals surface area contributed by atoms with Crippen LogP contribution in [0.3, 0.4) is 0 Å². The van der Waals surface area contributed by atoms with E-state index in [0.717, 1.165) is 38.8 Å². The summed E-state index contributed by atoms with van der Waals surface area (Å²) in [6.45, 7) is 9.18. The number of hydrogen-bond acceptors (Lipinski definition) is 6. The highest BCUT2D eigenvalue weighted by Crippen LogP contribution is 2.39. The van der Waals surface area contributed by atoms with Gasteiger partial charge in [0.2, 0.25) is 0 Å². The number of nitrogens with zero attached hydrogens (tertiary/aromatic N) is 1. The molecule has 6 nitrogen and oxygen atoms in total. The Morgan fingerprint density at radius 3 is 2.59 bits per heavy atom. The predicted octanol–water partition coefficient (Wildman–Crippen LogP) is 6.13. The molecule has 0 saturated carbocycles. The maximum atomic E-state index is 13.0. The van der Waals surface area contributed by atoms with Gasteiger partial charge >= 0.3 is 0 Å². The molecule has 0 unspecified atom stereocenters. The van der Waals surface area contributed by atoms with Gasteiger partial charge < -0.3 is 9.47 Å². The van der Waals surface area contributed by atoms with Gasteiger partial charge in [0.1, 0.15) is 0 Å². The number of ether oxygens (including phenoxy) is 2. The molecule has 180 valence electrons. The molecule has 2 aromatic rings. The molecule has 9 heteroatoms. The molecule has 1 saturated heterocycles. The molecule has 1 fully saturated rings. The smallest absolute Gasteiger partial charge is 0.285 e. The highest BCUT2D eigenvalue weighted by Gasteiger charge is 2.34. The number of nitrogens with one attached hydrogen (secondary N) is 1. The van der Waals surface area contributed by atoms with E-state index < -0.39 is 5.91 Å². The largest absolute Gasteiger partial charge is 0.490 e. The highest BCUT2D eigenvalue weighted by atomic mass is 79.9. The van der Waals surface area contributed by atoms with E-state index in [4.69, 9.17) is 21.7 Å². The summed E-state index contributed by atoms with van der Waals surface area (Å²) in [6.07, 6.45) is 2.65. The molecule has 0 aliphatic carbocycles. The van der Waals surface area contributed by atoms with E-state index in [1.54, 1.807) is 18.2 Å². The molecule has 2 amide bonds. The third-order valence-electron chi connectivity index (χ3n) is 4.89. The van der Waals surface area contributed by atoms with Crippen LogP contribution in [0.2, 0.25) is 0 Å². The number of carbonyl (C=O) groups is 2. The van der Waals surface area contributed by atoms with Crippen molar-refractivity contribution in [2.75, 3.05) is 13.2 Å². The van der Waals surface area contributed by atoms with Crippen molar-refractivity contribution >= 4 is 62.1 Å². The van der Waals surface area contributed by atoms with E-state index in [0.29, 0.717) is 41.1 Å². The van der Waals surface area contributed by atoms with E-state index >= 15 is 0 Å². The Morgan fingerprint density at radius 2 is 1.94 bits per heavy atom. The van der Waals surface area contributed by atoms with Crippen LogP contribution in [0.1, 0.15) is 48.7 Å². The minimum absolute atomic E-state index is 0.259. The van der Waals surface area contributed by atoms with E-state index in [9.17, 15) is 9.59 Å². The minimum atomic E-state index is -0.401. The van der Waals surface area contributed by atoms with Crippen LogP contribution in [0.15, 0.2) is 45.8 Å². The number of amides is 2. The van der Waals surface area contributed by atoms with Gasteiger partial charge in [-0.1, -0.05) is 43.3 Å². The van der Waals surface area contributed by atoms with Gasteiger partial charge in [0, 0.05) is 5.56 Å². The topological polar surface area (TPSA) is 67.9 Å². The molecule has 1 heterocycles. The van der Waals surface area contributed by atoms with E-state index in [2.05, 4.69) is 35.2 Å². The lowest BCUT2D eigenvalue weighted by atomic mass is 10.1. The second-order valence-corrected chi connectivity index (χ2v) is 10.6. The van der Waals surface area contributed by atoms with Crippen molar-refractivity contribution in [2.45, 2.75) is 34.1 Å². The number of rotatable bonds is 9. The van der Waals surface area contributed by atoms with Gasteiger partial charge in [0.25, 0.3) is 11.8 Å². The summed E-state index contributed by atoms with van der Waals surface area (Å²) in [5.41, 5.74) is 4.84. The van der Waals surface area contributed by atoms with Crippen LogP contribution in [0.5, 0.6) is 11.5 Å². The lowest BCUT2D eigenvalue weighted by Gasteiger charge is -2.16. The lowest BCUT2D eigenvalue weighted by molar-refractivity contribution is -0.123. The maximum Gasteiger partial charge on any atom is 0.285 e. The molecule has 0 atom stereocenters. The Hall–Kier alpha value is -2.36. The first-order chi connectivity index (χ1) is 16.2. The normalized spacial score (nSPS) is 14.8. The average molecular weight is 564 g/mol. The Balaban J connectivity index is 1.79. The van der Waals surface area contributed by atoms with Crippen LogP contribution in [0, 0.1) is 12.8 Å². The highest BCUT2D eigenvalue weighted by molar-refractivity contribution is 9.10. The molecular weight excluding hydrogens is 536 g/mol. The second kappa shape index (κ2) is 11.9. The third kappa shape index (κ3) is 6.61. The second-order valence-electron chi connectivity index (χ2n) is 8.12. The number of benzene rings is 2. The van der Waals surface area contributed by atoms with Gasteiger partial charge in [-0.3, -0.25) is 15.0 Å². The van der Waals surface area contributed by atoms with Crippen molar-refractivity contribution in [1.29, 1.82) is 0 Å². The monoisotopic (exact) mass is 562 g/mol. The zero-order chi connectivity index (χ0) is 24.8. The number of aryl methyl sites for hydroxylation is 1. The van der Waals surface area contributed by atoms with Gasteiger partial charge in [-0.2, -0.15) is 5.01 Å². The first kappa shape index (κ1) is 26.2. The van der Waals surface area contributed by atoms with Crippen molar-refractivity contribution < 1.29 is 19.1 Å². The molecule has 0 bridgehead atoms. The third-order valence-corrected chi connectivity index (χ3v) is 6.78. The first-order valence-corrected chi connectivity index (χ1v) is 13.0. The molecule has 0 spiro atoms. The van der Waals surface area contributed by atoms with Crippen molar-refractivity contribution in [1.82, 2.24) is 10.4 Å². The van der Waals surface area contributed by atoms with Crippen molar-refractivity contribution in [2.24, 2.45) is 5.92 Å². The Kier molecular flexibility index (Phi) is 9.16. The molecule has 1 aliphatic heterocycles. The van der Waals surface area contributed by atoms with E-state index in [-0.39, 0.29) is 10.2 Å². The molecular formula is C25H27BrN2O4S2. The fourth-order valence-corrected chi connectivity index (χ4v) is 4.81. The van der Waals surface area contributed by atoms with Crippen LogP contribution in [0.25, 0.3) is 6.08 Å². The molecule has 3 rings (SSSR count). The zero-order valence-electron chi connectivity index (χ0n) is 19.5. The summed E-state index contributed by atoms with van der Waals surface area (Å²) < 4.78 is 12.7. The number of carbonyl (C=O) groups excluding carboxylic acids is 2. The van der Waals surface area contributed by atoms with Crippen molar-refractivity contribution in [3.05, 3.63) is 62.5 Å². The molecule has 34 heavy (non-hydrogen) atoms. The number of halogens is 1. The SMILES string of the molecule is CCOc1cc(/C=C2/SC(=S)N(NC(=O)c3ccc(C)cc3)C2=O)cc(Br)c1OCCC(C)C. The van der Waals surface area contributed by atoms with Crippen LogP contribution in [0.4, 0.5) is 0 Å². The molecule has 1 aliphatic rings. The van der Waals surface area contributed by atoms with Gasteiger partial charge in [0.15, 0.2) is 15.8 Å². The number of thioether (sulfide) groups is 1. The summed E-state index contributed by atoms with van der Waals surface area (Å²) in [5.74, 6) is 0.971. The number of hydrazine groups is 1. The quantitative estimate of drug-likeness (QED) is 0.293. The summed E-state index contributed by atoms with van der Waals surface area (Å²) in [7, 11) is 0. The van der Waals surface area contributed by atoms with Crippen LogP contribution in [-0.4, -0.2) is 34.4 Å². The van der Waals surface area contributed by atoms with Crippen molar-refractivity contribution in [3.8, 4) is 11.5 Å². The molecule has 0 radical (unpaired) electrons. The summed E-state index contributed by atoms with van der Waals surface area (Å²) in [6, 6.07) is 10.8. The van der Waals surface area contributed by atoms with Crippen LogP contribution >= 0.6 is 39.9 Å². The summed E-state index contributed by atoms with van der Waals surface area (Å²) in [4.78, 5) is 25.9. The first-order valence-electron chi connectivity index (χ1n) is 10.9. The predicted molar refractivity (Wildman–Crippen MR) is 144 cm³/mol. The Morgan fingerprint density at radius 1 is 1.24 bits per heavy atom. The number of thiocarbonyl (C=S) groups is 1. The van der Waals surface area contributed by atoms with Gasteiger partial charge in [-0.15, -0.1) is 0 Å². The fourth-order valence-electron chi connectivity index (χ4n) is 3.06. The standard InChI is InChI=1S/C25H27BrN2O4S2/c1-5-31-20-13-17(12-19(26)22(20)32-11-10-15(2)3)14-21-24(30)28(25(33)34-21)27-23(29)18-8-6-16(4)7-9-18/h6-9,12-15H,5,10-11H2,1-4H3,(H,27,29)/b21-14+. The summed E-state index contributed by atoms with van der Waals surface area (Å²) in [5, 5.41) is 1.11. The molecule has 0 aromatic heterocycles. The van der Waals surface area contributed by atoms with Crippen LogP contribution < -0.4 is 14.9 Å². The molecule has 2 aromatic carbocycles. The Bertz CT molecular complexity index is 1120. The van der Waals surface area contributed by atoms with Gasteiger partial charge in [-0.05, 0) is 90.2 Å². The van der Waals surface area contributed by atoms with Crippen molar-refractivity contribution in [3.63, 3.8) is 0 Å². The number of hydrogen-bond donors (Lipinski definition) is 1.